The van der Waals surface area contributed by atoms with E-state index in [0.717, 1.165) is 5.56 Å². The third kappa shape index (κ3) is 4.22. The van der Waals surface area contributed by atoms with Gasteiger partial charge in [0, 0.05) is 5.56 Å². The number of hydrogen-bond donors (Lipinski definition) is 1. The van der Waals surface area contributed by atoms with Crippen LogP contribution in [0.4, 0.5) is 4.39 Å². The van der Waals surface area contributed by atoms with E-state index in [4.69, 9.17) is 4.74 Å². The zero-order chi connectivity index (χ0) is 18.1. The maximum atomic E-state index is 14.3. The number of benzene rings is 1. The number of rotatable bonds is 5. The van der Waals surface area contributed by atoms with E-state index in [1.807, 2.05) is 40.7 Å². The molecule has 24 heavy (non-hydrogen) atoms. The van der Waals surface area contributed by atoms with Crippen LogP contribution in [0.1, 0.15) is 51.8 Å². The summed E-state index contributed by atoms with van der Waals surface area (Å²) in [4.78, 5) is 12.5. The molecule has 2 rings (SSSR count). The largest absolute Gasteiger partial charge is 0.465 e. The first-order valence-electron chi connectivity index (χ1n) is 8.23. The lowest BCUT2D eigenvalue weighted by molar-refractivity contribution is -0.150. The monoisotopic (exact) mass is 355 g/mol. The Hall–Kier alpha value is -1.27. The first-order chi connectivity index (χ1) is 11.1. The van der Waals surface area contributed by atoms with E-state index in [9.17, 15) is 13.4 Å². The van der Waals surface area contributed by atoms with E-state index in [2.05, 4.69) is 4.72 Å². The van der Waals surface area contributed by atoms with Gasteiger partial charge in [0.15, 0.2) is 0 Å². The second kappa shape index (κ2) is 7.31. The molecule has 1 aromatic rings. The van der Waals surface area contributed by atoms with E-state index >= 15 is 0 Å². The Bertz CT molecular complexity index is 640. The number of carbonyl (C=O) groups is 1. The van der Waals surface area contributed by atoms with E-state index in [1.165, 1.54) is 6.07 Å². The molecule has 0 spiro atoms. The summed E-state index contributed by atoms with van der Waals surface area (Å²) in [6.45, 7) is 9.74. The van der Waals surface area contributed by atoms with Gasteiger partial charge in [-0.2, -0.15) is 0 Å². The van der Waals surface area contributed by atoms with Crippen molar-refractivity contribution in [1.82, 2.24) is 4.72 Å². The van der Waals surface area contributed by atoms with Gasteiger partial charge in [-0.3, -0.25) is 4.79 Å². The molecule has 134 valence electrons. The standard InChI is InChI=1S/C18H26FNO3S/c1-11(2)10-23-17(21)13-9-12-7-6-8-14(19)15(12)16(13)20-24(22)18(3,4)5/h6-8,11,13,16,20H,9-10H2,1-5H3. The van der Waals surface area contributed by atoms with Crippen molar-refractivity contribution >= 4 is 17.0 Å². The molecule has 0 heterocycles. The van der Waals surface area contributed by atoms with Crippen LogP contribution in [0.25, 0.3) is 0 Å². The Morgan fingerprint density at radius 3 is 2.67 bits per heavy atom. The molecule has 1 aliphatic rings. The molecule has 0 amide bonds. The van der Waals surface area contributed by atoms with Crippen molar-refractivity contribution < 1.29 is 18.1 Å². The van der Waals surface area contributed by atoms with Gasteiger partial charge in [-0.25, -0.2) is 13.3 Å². The third-order valence-corrected chi connectivity index (χ3v) is 5.53. The number of halogens is 1. The maximum absolute atomic E-state index is 14.3. The minimum Gasteiger partial charge on any atom is -0.465 e. The zero-order valence-electron chi connectivity index (χ0n) is 14.9. The van der Waals surface area contributed by atoms with Crippen LogP contribution in [-0.2, 0) is 26.9 Å². The van der Waals surface area contributed by atoms with E-state index < -0.39 is 27.7 Å². The highest BCUT2D eigenvalue weighted by molar-refractivity contribution is 7.84. The van der Waals surface area contributed by atoms with Gasteiger partial charge in [0.25, 0.3) is 0 Å². The molecular weight excluding hydrogens is 329 g/mol. The Morgan fingerprint density at radius 1 is 1.42 bits per heavy atom. The highest BCUT2D eigenvalue weighted by atomic mass is 32.2. The molecule has 0 aliphatic heterocycles. The smallest absolute Gasteiger partial charge is 0.311 e. The van der Waals surface area contributed by atoms with Gasteiger partial charge < -0.3 is 4.74 Å². The molecule has 0 saturated carbocycles. The lowest BCUT2D eigenvalue weighted by Crippen LogP contribution is -2.39. The van der Waals surface area contributed by atoms with E-state index in [0.29, 0.717) is 18.6 Å². The molecule has 0 aromatic heterocycles. The summed E-state index contributed by atoms with van der Waals surface area (Å²) in [5, 5.41) is 0. The summed E-state index contributed by atoms with van der Waals surface area (Å²) >= 11 is 0. The third-order valence-electron chi connectivity index (χ3n) is 3.95. The number of hydrogen-bond acceptors (Lipinski definition) is 3. The second-order valence-electron chi connectivity index (χ2n) is 7.62. The molecular formula is C18H26FNO3S. The summed E-state index contributed by atoms with van der Waals surface area (Å²) in [5.41, 5.74) is 1.20. The summed E-state index contributed by atoms with van der Waals surface area (Å²) in [7, 11) is -1.42. The van der Waals surface area contributed by atoms with Crippen molar-refractivity contribution in [3.8, 4) is 0 Å². The predicted molar refractivity (Wildman–Crippen MR) is 93.2 cm³/mol. The quantitative estimate of drug-likeness (QED) is 0.825. The van der Waals surface area contributed by atoms with Crippen LogP contribution in [0.2, 0.25) is 0 Å². The van der Waals surface area contributed by atoms with Crippen molar-refractivity contribution in [1.29, 1.82) is 0 Å². The van der Waals surface area contributed by atoms with Crippen molar-refractivity contribution in [2.45, 2.75) is 51.8 Å². The van der Waals surface area contributed by atoms with E-state index in [-0.39, 0.29) is 17.7 Å². The lowest BCUT2D eigenvalue weighted by atomic mass is 10.0. The Kier molecular flexibility index (Phi) is 5.81. The second-order valence-corrected chi connectivity index (χ2v) is 9.62. The highest BCUT2D eigenvalue weighted by Crippen LogP contribution is 2.39. The predicted octanol–water partition coefficient (Wildman–Crippen LogP) is 3.29. The molecule has 1 N–H and O–H groups in total. The van der Waals surface area contributed by atoms with Gasteiger partial charge in [-0.15, -0.1) is 0 Å². The first kappa shape index (κ1) is 19.1. The average molecular weight is 355 g/mol. The van der Waals surface area contributed by atoms with Crippen LogP contribution in [0, 0.1) is 17.7 Å². The SMILES string of the molecule is CC(C)COC(=O)C1Cc2cccc(F)c2C1NS(=O)C(C)(C)C. The normalized spacial score (nSPS) is 21.6. The maximum Gasteiger partial charge on any atom is 0.311 e. The van der Waals surface area contributed by atoms with Crippen LogP contribution >= 0.6 is 0 Å². The van der Waals surface area contributed by atoms with E-state index in [1.54, 1.807) is 6.07 Å². The first-order valence-corrected chi connectivity index (χ1v) is 9.38. The Balaban J connectivity index is 2.29. The summed E-state index contributed by atoms with van der Waals surface area (Å²) < 4.78 is 34.7. The summed E-state index contributed by atoms with van der Waals surface area (Å²) in [6.07, 6.45) is 0.392. The zero-order valence-corrected chi connectivity index (χ0v) is 15.7. The minimum absolute atomic E-state index is 0.226. The Morgan fingerprint density at radius 2 is 2.08 bits per heavy atom. The van der Waals surface area contributed by atoms with Crippen LogP contribution in [0.3, 0.4) is 0 Å². The Labute approximate surface area is 145 Å². The molecule has 3 unspecified atom stereocenters. The molecule has 1 aromatic carbocycles. The van der Waals surface area contributed by atoms with Crippen molar-refractivity contribution in [2.75, 3.05) is 6.61 Å². The average Bonchev–Trinajstić information content (AvgIpc) is 2.84. The van der Waals surface area contributed by atoms with Gasteiger partial charge in [0.1, 0.15) is 5.82 Å². The molecule has 0 bridgehead atoms. The molecule has 0 fully saturated rings. The summed E-state index contributed by atoms with van der Waals surface area (Å²) in [5.74, 6) is -1.09. The van der Waals surface area contributed by atoms with Gasteiger partial charge >= 0.3 is 5.97 Å². The molecule has 3 atom stereocenters. The highest BCUT2D eigenvalue weighted by Gasteiger charge is 2.42. The molecule has 4 nitrogen and oxygen atoms in total. The molecule has 0 saturated heterocycles. The lowest BCUT2D eigenvalue weighted by Gasteiger charge is -2.25. The topological polar surface area (TPSA) is 55.4 Å². The van der Waals surface area contributed by atoms with Crippen LogP contribution < -0.4 is 4.72 Å². The molecule has 6 heteroatoms. The van der Waals surface area contributed by atoms with Gasteiger partial charge in [0.2, 0.25) is 0 Å². The fourth-order valence-electron chi connectivity index (χ4n) is 2.67. The number of ether oxygens (including phenoxy) is 1. The van der Waals surface area contributed by atoms with Gasteiger partial charge in [-0.05, 0) is 44.7 Å². The fourth-order valence-corrected chi connectivity index (χ4v) is 3.54. The van der Waals surface area contributed by atoms with Crippen molar-refractivity contribution in [3.63, 3.8) is 0 Å². The van der Waals surface area contributed by atoms with Gasteiger partial charge in [-0.1, -0.05) is 26.0 Å². The van der Waals surface area contributed by atoms with Gasteiger partial charge in [0.05, 0.1) is 34.3 Å². The molecule has 0 radical (unpaired) electrons. The van der Waals surface area contributed by atoms with Crippen molar-refractivity contribution in [3.05, 3.63) is 35.1 Å². The molecule has 1 aliphatic carbocycles. The van der Waals surface area contributed by atoms with Crippen LogP contribution in [0.5, 0.6) is 0 Å². The number of carbonyl (C=O) groups excluding carboxylic acids is 1. The van der Waals surface area contributed by atoms with Crippen molar-refractivity contribution in [2.24, 2.45) is 11.8 Å². The number of esters is 1. The fraction of sp³-hybridized carbons (Fsp3) is 0.611. The number of fused-ring (bicyclic) bond motifs is 1. The summed E-state index contributed by atoms with van der Waals surface area (Å²) in [6, 6.07) is 4.17. The minimum atomic E-state index is -1.42. The van der Waals surface area contributed by atoms with Crippen LogP contribution in [0.15, 0.2) is 18.2 Å². The number of nitrogens with one attached hydrogen (secondary N) is 1. The van der Waals surface area contributed by atoms with Crippen LogP contribution in [-0.4, -0.2) is 21.5 Å².